The Labute approximate surface area is 173 Å². The number of hydrogen-bond donors (Lipinski definition) is 0. The Morgan fingerprint density at radius 1 is 1.03 bits per heavy atom. The normalized spacial score (nSPS) is 22.3. The Bertz CT molecular complexity index is 1150. The highest BCUT2D eigenvalue weighted by Crippen LogP contribution is 2.49. The molecule has 1 fully saturated rings. The first-order valence-corrected chi connectivity index (χ1v) is 9.74. The highest BCUT2D eigenvalue weighted by Gasteiger charge is 2.55. The van der Waals surface area contributed by atoms with Crippen LogP contribution >= 0.6 is 0 Å². The van der Waals surface area contributed by atoms with Gasteiger partial charge in [0.25, 0.3) is 5.91 Å². The third-order valence-corrected chi connectivity index (χ3v) is 5.67. The standard InChI is InChI=1S/C24H19FN2O3/c1-24-15-20(19-12-5-6-13-21(19)30-24)26(22(28)16-8-7-9-17(25)14-16)23(29)27(24)18-10-3-2-4-11-18/h2-14,20H,15H2,1H3/t20-,24+/m0/s1. The van der Waals surface area contributed by atoms with Gasteiger partial charge in [0.15, 0.2) is 5.72 Å². The molecule has 0 aliphatic carbocycles. The van der Waals surface area contributed by atoms with E-state index in [1.807, 2.05) is 49.4 Å². The van der Waals surface area contributed by atoms with E-state index in [9.17, 15) is 14.0 Å². The second-order valence-corrected chi connectivity index (χ2v) is 7.67. The molecule has 0 saturated carbocycles. The van der Waals surface area contributed by atoms with Gasteiger partial charge >= 0.3 is 6.03 Å². The molecule has 0 unspecified atom stereocenters. The number of carbonyl (C=O) groups is 2. The molecule has 150 valence electrons. The van der Waals surface area contributed by atoms with Crippen molar-refractivity contribution >= 4 is 17.6 Å². The fourth-order valence-electron chi connectivity index (χ4n) is 4.36. The summed E-state index contributed by atoms with van der Waals surface area (Å²) in [5, 5.41) is 0. The van der Waals surface area contributed by atoms with Crippen LogP contribution in [0.3, 0.4) is 0 Å². The van der Waals surface area contributed by atoms with Crippen LogP contribution in [-0.2, 0) is 0 Å². The van der Waals surface area contributed by atoms with Crippen LogP contribution in [0.15, 0.2) is 78.9 Å². The Balaban J connectivity index is 1.68. The number of anilines is 1. The molecule has 3 aromatic carbocycles. The fraction of sp³-hybridized carbons (Fsp3) is 0.167. The van der Waals surface area contributed by atoms with Crippen molar-refractivity contribution in [3.8, 4) is 5.75 Å². The lowest BCUT2D eigenvalue weighted by Gasteiger charge is -2.53. The Kier molecular flexibility index (Phi) is 4.10. The van der Waals surface area contributed by atoms with Gasteiger partial charge in [-0.25, -0.2) is 9.18 Å². The van der Waals surface area contributed by atoms with Gasteiger partial charge in [-0.05, 0) is 43.3 Å². The number of para-hydroxylation sites is 2. The van der Waals surface area contributed by atoms with Crippen LogP contribution in [0.2, 0.25) is 0 Å². The van der Waals surface area contributed by atoms with Crippen molar-refractivity contribution in [2.24, 2.45) is 0 Å². The number of amides is 3. The van der Waals surface area contributed by atoms with E-state index in [2.05, 4.69) is 0 Å². The summed E-state index contributed by atoms with van der Waals surface area (Å²) >= 11 is 0. The summed E-state index contributed by atoms with van der Waals surface area (Å²) in [6, 6.07) is 20.9. The van der Waals surface area contributed by atoms with Crippen LogP contribution < -0.4 is 9.64 Å². The van der Waals surface area contributed by atoms with Gasteiger partial charge in [-0.15, -0.1) is 0 Å². The molecule has 2 aliphatic heterocycles. The maximum atomic E-state index is 13.8. The zero-order valence-corrected chi connectivity index (χ0v) is 16.3. The maximum Gasteiger partial charge on any atom is 0.335 e. The molecule has 2 aliphatic rings. The summed E-state index contributed by atoms with van der Waals surface area (Å²) in [5.74, 6) is -0.437. The average molecular weight is 402 g/mol. The fourth-order valence-corrected chi connectivity index (χ4v) is 4.36. The lowest BCUT2D eigenvalue weighted by molar-refractivity contribution is 0.00266. The van der Waals surface area contributed by atoms with Crippen LogP contribution in [-0.4, -0.2) is 22.6 Å². The first kappa shape index (κ1) is 18.4. The molecule has 0 N–H and O–H groups in total. The van der Waals surface area contributed by atoms with Gasteiger partial charge in [0.1, 0.15) is 11.6 Å². The SMILES string of the molecule is C[C@]12C[C@@H](c3ccccc3O1)N(C(=O)c1cccc(F)c1)C(=O)N2c1ccccc1. The monoisotopic (exact) mass is 402 g/mol. The molecule has 6 heteroatoms. The van der Waals surface area contributed by atoms with Gasteiger partial charge < -0.3 is 4.74 Å². The van der Waals surface area contributed by atoms with E-state index in [-0.39, 0.29) is 5.56 Å². The zero-order chi connectivity index (χ0) is 20.9. The van der Waals surface area contributed by atoms with Crippen LogP contribution in [0, 0.1) is 5.82 Å². The number of fused-ring (bicyclic) bond motifs is 4. The van der Waals surface area contributed by atoms with Gasteiger partial charge in [-0.3, -0.25) is 14.6 Å². The number of hydrogen-bond acceptors (Lipinski definition) is 3. The van der Waals surface area contributed by atoms with E-state index in [1.54, 1.807) is 12.1 Å². The number of carbonyl (C=O) groups excluding carboxylic acids is 2. The van der Waals surface area contributed by atoms with Crippen LogP contribution in [0.5, 0.6) is 5.75 Å². The van der Waals surface area contributed by atoms with Crippen molar-refractivity contribution in [2.45, 2.75) is 25.1 Å². The van der Waals surface area contributed by atoms with Gasteiger partial charge in [0.2, 0.25) is 0 Å². The van der Waals surface area contributed by atoms with E-state index >= 15 is 0 Å². The lowest BCUT2D eigenvalue weighted by atomic mass is 9.88. The van der Waals surface area contributed by atoms with E-state index in [0.29, 0.717) is 17.9 Å². The summed E-state index contributed by atoms with van der Waals surface area (Å²) in [6.07, 6.45) is 0.395. The topological polar surface area (TPSA) is 49.9 Å². The molecule has 2 atom stereocenters. The van der Waals surface area contributed by atoms with Crippen LogP contribution in [0.4, 0.5) is 14.9 Å². The Hall–Kier alpha value is -3.67. The Morgan fingerprint density at radius 2 is 1.77 bits per heavy atom. The molecule has 2 heterocycles. The minimum Gasteiger partial charge on any atom is -0.467 e. The first-order valence-electron chi connectivity index (χ1n) is 9.74. The number of imide groups is 1. The number of halogens is 1. The molecule has 0 spiro atoms. The molecule has 1 saturated heterocycles. The highest BCUT2D eigenvalue weighted by molar-refractivity contribution is 6.10. The number of benzene rings is 3. The van der Waals surface area contributed by atoms with Gasteiger partial charge in [-0.1, -0.05) is 42.5 Å². The second-order valence-electron chi connectivity index (χ2n) is 7.67. The number of rotatable bonds is 2. The van der Waals surface area contributed by atoms with Crippen molar-refractivity contribution in [1.82, 2.24) is 4.90 Å². The largest absolute Gasteiger partial charge is 0.467 e. The van der Waals surface area contributed by atoms with E-state index in [1.165, 1.54) is 28.0 Å². The van der Waals surface area contributed by atoms with E-state index < -0.39 is 29.5 Å². The minimum absolute atomic E-state index is 0.129. The summed E-state index contributed by atoms with van der Waals surface area (Å²) in [5.41, 5.74) is 0.556. The molecule has 0 aromatic heterocycles. The van der Waals surface area contributed by atoms with Crippen LogP contribution in [0.1, 0.15) is 35.3 Å². The number of ether oxygens (including phenoxy) is 1. The van der Waals surface area contributed by atoms with Crippen molar-refractivity contribution in [2.75, 3.05) is 4.90 Å². The van der Waals surface area contributed by atoms with Crippen LogP contribution in [0.25, 0.3) is 0 Å². The van der Waals surface area contributed by atoms with Gasteiger partial charge in [0, 0.05) is 23.2 Å². The van der Waals surface area contributed by atoms with E-state index in [4.69, 9.17) is 4.74 Å². The minimum atomic E-state index is -0.962. The molecular weight excluding hydrogens is 383 g/mol. The summed E-state index contributed by atoms with van der Waals surface area (Å²) in [7, 11) is 0. The summed E-state index contributed by atoms with van der Waals surface area (Å²) < 4.78 is 20.1. The van der Waals surface area contributed by atoms with Crippen molar-refractivity contribution in [1.29, 1.82) is 0 Å². The van der Waals surface area contributed by atoms with Gasteiger partial charge in [0.05, 0.1) is 6.04 Å². The van der Waals surface area contributed by atoms with Gasteiger partial charge in [-0.2, -0.15) is 0 Å². The molecule has 3 amide bonds. The van der Waals surface area contributed by atoms with Crippen molar-refractivity contribution in [3.63, 3.8) is 0 Å². The molecule has 0 radical (unpaired) electrons. The predicted molar refractivity (Wildman–Crippen MR) is 110 cm³/mol. The first-order chi connectivity index (χ1) is 14.5. The molecule has 30 heavy (non-hydrogen) atoms. The van der Waals surface area contributed by atoms with Crippen molar-refractivity contribution in [3.05, 3.63) is 95.8 Å². The average Bonchev–Trinajstić information content (AvgIpc) is 2.74. The molecular formula is C24H19FN2O3. The molecule has 5 rings (SSSR count). The molecule has 2 bridgehead atoms. The Morgan fingerprint density at radius 3 is 2.53 bits per heavy atom. The number of urea groups is 1. The smallest absolute Gasteiger partial charge is 0.335 e. The second kappa shape index (κ2) is 6.69. The highest BCUT2D eigenvalue weighted by atomic mass is 19.1. The van der Waals surface area contributed by atoms with E-state index in [0.717, 1.165) is 11.6 Å². The predicted octanol–water partition coefficient (Wildman–Crippen LogP) is 5.15. The molecule has 3 aromatic rings. The maximum absolute atomic E-state index is 13.8. The quantitative estimate of drug-likeness (QED) is 0.596. The van der Waals surface area contributed by atoms with Crippen molar-refractivity contribution < 1.29 is 18.7 Å². The lowest BCUT2D eigenvalue weighted by Crippen LogP contribution is -2.67. The zero-order valence-electron chi connectivity index (χ0n) is 16.3. The summed E-state index contributed by atoms with van der Waals surface area (Å²) in [4.78, 5) is 29.9. The third-order valence-electron chi connectivity index (χ3n) is 5.67. The summed E-state index contributed by atoms with van der Waals surface area (Å²) in [6.45, 7) is 1.85. The molecule has 5 nitrogen and oxygen atoms in total. The third kappa shape index (κ3) is 2.76. The number of nitrogens with zero attached hydrogens (tertiary/aromatic N) is 2.